The van der Waals surface area contributed by atoms with Gasteiger partial charge < -0.3 is 4.52 Å². The largest absolute Gasteiger partial charge is 0.360 e. The number of hydrogen-bond acceptors (Lipinski definition) is 7. The Kier molecular flexibility index (Phi) is 6.09. The van der Waals surface area contributed by atoms with E-state index in [0.29, 0.717) is 31.6 Å². The van der Waals surface area contributed by atoms with Gasteiger partial charge in [0, 0.05) is 37.0 Å². The van der Waals surface area contributed by atoms with Crippen LogP contribution in [0.4, 0.5) is 0 Å². The van der Waals surface area contributed by atoms with Gasteiger partial charge in [-0.05, 0) is 26.7 Å². The SMILES string of the molecule is Cc1nn(C)c(Cl)c1S(=O)(=O)N1CCC(c2nc(-c3c(-c4ccccc4)noc3C)cs2)CC1. The summed E-state index contributed by atoms with van der Waals surface area (Å²) in [6.07, 6.45) is 1.38. The maximum Gasteiger partial charge on any atom is 0.248 e. The van der Waals surface area contributed by atoms with Crippen molar-refractivity contribution in [3.8, 4) is 22.5 Å². The Bertz CT molecular complexity index is 1430. The molecule has 0 aliphatic carbocycles. The van der Waals surface area contributed by atoms with Crippen LogP contribution in [-0.2, 0) is 17.1 Å². The second-order valence-electron chi connectivity index (χ2n) is 8.41. The first-order valence-corrected chi connectivity index (χ1v) is 13.6. The third-order valence-corrected chi connectivity index (χ3v) is 9.79. The van der Waals surface area contributed by atoms with Gasteiger partial charge in [-0.15, -0.1) is 11.3 Å². The number of benzene rings is 1. The molecule has 0 bridgehead atoms. The minimum absolute atomic E-state index is 0.100. The molecule has 0 amide bonds. The van der Waals surface area contributed by atoms with Crippen LogP contribution in [0.15, 0.2) is 45.1 Å². The van der Waals surface area contributed by atoms with Crippen LogP contribution >= 0.6 is 22.9 Å². The van der Waals surface area contributed by atoms with Gasteiger partial charge in [-0.25, -0.2) is 13.4 Å². The topological polar surface area (TPSA) is 94.1 Å². The predicted octanol–water partition coefficient (Wildman–Crippen LogP) is 5.04. The molecule has 3 aromatic heterocycles. The third kappa shape index (κ3) is 3.98. The molecule has 1 fully saturated rings. The van der Waals surface area contributed by atoms with Crippen LogP contribution in [0.5, 0.6) is 0 Å². The summed E-state index contributed by atoms with van der Waals surface area (Å²) in [5.41, 5.74) is 3.91. The van der Waals surface area contributed by atoms with Crippen LogP contribution in [0, 0.1) is 13.8 Å². The van der Waals surface area contributed by atoms with Crippen LogP contribution in [0.3, 0.4) is 0 Å². The van der Waals surface area contributed by atoms with E-state index in [0.717, 1.165) is 33.3 Å². The number of piperidine rings is 1. The summed E-state index contributed by atoms with van der Waals surface area (Å²) in [4.78, 5) is 5.02. The molecule has 1 aliphatic rings. The molecule has 34 heavy (non-hydrogen) atoms. The zero-order valence-corrected chi connectivity index (χ0v) is 21.4. The summed E-state index contributed by atoms with van der Waals surface area (Å²) in [5.74, 6) is 0.913. The molecule has 0 unspecified atom stereocenters. The van der Waals surface area contributed by atoms with E-state index in [1.165, 1.54) is 8.99 Å². The van der Waals surface area contributed by atoms with Gasteiger partial charge in [0.05, 0.1) is 22.0 Å². The van der Waals surface area contributed by atoms with Gasteiger partial charge in [-0.2, -0.15) is 9.40 Å². The molecule has 4 heterocycles. The Labute approximate surface area is 207 Å². The van der Waals surface area contributed by atoms with Crippen molar-refractivity contribution < 1.29 is 12.9 Å². The van der Waals surface area contributed by atoms with Crippen molar-refractivity contribution in [1.29, 1.82) is 0 Å². The number of sulfonamides is 1. The maximum atomic E-state index is 13.2. The molecular weight excluding hydrogens is 494 g/mol. The zero-order valence-electron chi connectivity index (χ0n) is 19.0. The molecule has 1 saturated heterocycles. The van der Waals surface area contributed by atoms with E-state index >= 15 is 0 Å². The standard InChI is InChI=1S/C23H24ClN5O3S2/c1-14-21(22(24)28(3)26-14)34(30,31)29-11-9-17(10-12-29)23-25-18(13-33-23)19-15(2)32-27-20(19)16-7-5-4-6-8-16/h4-8,13,17H,9-12H2,1-3H3. The molecule has 1 aliphatic heterocycles. The number of aromatic nitrogens is 4. The number of halogens is 1. The highest BCUT2D eigenvalue weighted by molar-refractivity contribution is 7.89. The quantitative estimate of drug-likeness (QED) is 0.368. The Morgan fingerprint density at radius 3 is 2.50 bits per heavy atom. The van der Waals surface area contributed by atoms with Crippen molar-refractivity contribution in [2.75, 3.05) is 13.1 Å². The first-order valence-electron chi connectivity index (χ1n) is 10.9. The summed E-state index contributed by atoms with van der Waals surface area (Å²) < 4.78 is 34.8. The highest BCUT2D eigenvalue weighted by Crippen LogP contribution is 2.39. The monoisotopic (exact) mass is 517 g/mol. The van der Waals surface area contributed by atoms with E-state index in [4.69, 9.17) is 21.1 Å². The average Bonchev–Trinajstić information content (AvgIpc) is 3.52. The molecule has 0 atom stereocenters. The Hall–Kier alpha value is -2.53. The fourth-order valence-electron chi connectivity index (χ4n) is 4.43. The summed E-state index contributed by atoms with van der Waals surface area (Å²) in [6.45, 7) is 4.38. The minimum Gasteiger partial charge on any atom is -0.360 e. The van der Waals surface area contributed by atoms with E-state index < -0.39 is 10.0 Å². The first kappa shape index (κ1) is 23.2. The molecule has 5 rings (SSSR count). The van der Waals surface area contributed by atoms with Gasteiger partial charge in [-0.1, -0.05) is 47.1 Å². The fraction of sp³-hybridized carbons (Fsp3) is 0.348. The molecule has 0 spiro atoms. The fourth-order valence-corrected chi connectivity index (χ4v) is 7.59. The van der Waals surface area contributed by atoms with Crippen LogP contribution in [0.2, 0.25) is 5.15 Å². The number of hydrogen-bond donors (Lipinski definition) is 0. The smallest absolute Gasteiger partial charge is 0.248 e. The summed E-state index contributed by atoms with van der Waals surface area (Å²) >= 11 is 7.83. The van der Waals surface area contributed by atoms with Gasteiger partial charge in [0.2, 0.25) is 10.0 Å². The predicted molar refractivity (Wildman–Crippen MR) is 131 cm³/mol. The van der Waals surface area contributed by atoms with Crippen LogP contribution in [-0.4, -0.2) is 45.7 Å². The van der Waals surface area contributed by atoms with Gasteiger partial charge in [0.15, 0.2) is 0 Å². The van der Waals surface area contributed by atoms with Crippen LogP contribution in [0.25, 0.3) is 22.5 Å². The lowest BCUT2D eigenvalue weighted by Gasteiger charge is -2.30. The summed E-state index contributed by atoms with van der Waals surface area (Å²) in [7, 11) is -2.06. The molecule has 1 aromatic carbocycles. The lowest BCUT2D eigenvalue weighted by atomic mass is 9.99. The van der Waals surface area contributed by atoms with Crippen molar-refractivity contribution >= 4 is 33.0 Å². The molecule has 4 aromatic rings. The molecule has 0 saturated carbocycles. The molecule has 8 nitrogen and oxygen atoms in total. The number of nitrogens with zero attached hydrogens (tertiary/aromatic N) is 5. The first-order chi connectivity index (χ1) is 16.3. The van der Waals surface area contributed by atoms with Gasteiger partial charge >= 0.3 is 0 Å². The zero-order chi connectivity index (χ0) is 24.0. The molecule has 0 N–H and O–H groups in total. The van der Waals surface area contributed by atoms with Gasteiger partial charge in [-0.3, -0.25) is 4.68 Å². The minimum atomic E-state index is -3.70. The van der Waals surface area contributed by atoms with E-state index in [1.54, 1.807) is 25.3 Å². The number of thiazole rings is 1. The van der Waals surface area contributed by atoms with Crippen molar-refractivity contribution in [1.82, 2.24) is 24.2 Å². The molecule has 178 valence electrons. The second kappa shape index (κ2) is 8.92. The van der Waals surface area contributed by atoms with Crippen LogP contribution < -0.4 is 0 Å². The third-order valence-electron chi connectivity index (χ3n) is 6.19. The second-order valence-corrected chi connectivity index (χ2v) is 11.5. The highest BCUT2D eigenvalue weighted by atomic mass is 35.5. The van der Waals surface area contributed by atoms with Crippen molar-refractivity contribution in [3.05, 3.63) is 57.3 Å². The van der Waals surface area contributed by atoms with E-state index in [1.807, 2.05) is 42.6 Å². The molecule has 11 heteroatoms. The number of rotatable bonds is 5. The van der Waals surface area contributed by atoms with Crippen molar-refractivity contribution in [3.63, 3.8) is 0 Å². The Morgan fingerprint density at radius 2 is 1.85 bits per heavy atom. The Balaban J connectivity index is 1.35. The molecular formula is C23H24ClN5O3S2. The summed E-state index contributed by atoms with van der Waals surface area (Å²) in [6, 6.07) is 9.91. The van der Waals surface area contributed by atoms with Crippen LogP contribution in [0.1, 0.15) is 35.2 Å². The molecule has 0 radical (unpaired) electrons. The van der Waals surface area contributed by atoms with Crippen molar-refractivity contribution in [2.24, 2.45) is 7.05 Å². The lowest BCUT2D eigenvalue weighted by molar-refractivity contribution is 0.319. The van der Waals surface area contributed by atoms with E-state index in [-0.39, 0.29) is 16.0 Å². The average molecular weight is 518 g/mol. The van der Waals surface area contributed by atoms with Crippen molar-refractivity contribution in [2.45, 2.75) is 37.5 Å². The lowest BCUT2D eigenvalue weighted by Crippen LogP contribution is -2.38. The van der Waals surface area contributed by atoms with E-state index in [9.17, 15) is 8.42 Å². The Morgan fingerprint density at radius 1 is 1.15 bits per heavy atom. The maximum absolute atomic E-state index is 13.2. The summed E-state index contributed by atoms with van der Waals surface area (Å²) in [5, 5.41) is 11.6. The number of aryl methyl sites for hydroxylation is 3. The van der Waals surface area contributed by atoms with Gasteiger partial charge in [0.1, 0.15) is 21.5 Å². The highest BCUT2D eigenvalue weighted by Gasteiger charge is 2.35. The van der Waals surface area contributed by atoms with E-state index in [2.05, 4.69) is 10.3 Å². The normalized spacial score (nSPS) is 15.8. The van der Waals surface area contributed by atoms with Gasteiger partial charge in [0.25, 0.3) is 0 Å².